The Morgan fingerprint density at radius 2 is 0.786 bits per heavy atom. The third kappa shape index (κ3) is 29.9. The molecule has 42 heavy (non-hydrogen) atoms. The smallest absolute Gasteiger partial charge is 0.306 e. The van der Waals surface area contributed by atoms with Crippen LogP contribution in [0.4, 0.5) is 0 Å². The average molecular weight is 597 g/mol. The highest BCUT2D eigenvalue weighted by Crippen LogP contribution is 2.14. The zero-order valence-corrected chi connectivity index (χ0v) is 28.2. The Labute approximate surface area is 259 Å². The molecule has 0 saturated carbocycles. The van der Waals surface area contributed by atoms with E-state index >= 15 is 0 Å². The summed E-state index contributed by atoms with van der Waals surface area (Å²) in [5, 5.41) is 0. The van der Waals surface area contributed by atoms with Gasteiger partial charge in [-0.25, -0.2) is 0 Å². The number of hydrogen-bond acceptors (Lipinski definition) is 6. The molecule has 6 nitrogen and oxygen atoms in total. The molecular formula is C36H68O6. The van der Waals surface area contributed by atoms with Crippen LogP contribution in [0.1, 0.15) is 188 Å². The molecule has 0 radical (unpaired) electrons. The van der Waals surface area contributed by atoms with E-state index in [2.05, 4.69) is 27.7 Å². The molecule has 0 aliphatic rings. The van der Waals surface area contributed by atoms with Gasteiger partial charge in [-0.3, -0.25) is 14.4 Å². The Hall–Kier alpha value is -1.59. The van der Waals surface area contributed by atoms with Crippen LogP contribution >= 0.6 is 0 Å². The van der Waals surface area contributed by atoms with E-state index < -0.39 is 6.10 Å². The molecule has 0 bridgehead atoms. The summed E-state index contributed by atoms with van der Waals surface area (Å²) >= 11 is 0. The van der Waals surface area contributed by atoms with E-state index in [1.54, 1.807) is 0 Å². The second-order valence-electron chi connectivity index (χ2n) is 12.6. The van der Waals surface area contributed by atoms with E-state index in [4.69, 9.17) is 14.2 Å². The van der Waals surface area contributed by atoms with Crippen molar-refractivity contribution in [2.45, 2.75) is 194 Å². The van der Waals surface area contributed by atoms with Crippen LogP contribution in [0, 0.1) is 5.92 Å². The molecule has 6 heteroatoms. The molecule has 0 aliphatic carbocycles. The maximum Gasteiger partial charge on any atom is 0.306 e. The average Bonchev–Trinajstić information content (AvgIpc) is 2.96. The summed E-state index contributed by atoms with van der Waals surface area (Å²) in [6.45, 7) is 8.78. The maximum atomic E-state index is 12.5. The van der Waals surface area contributed by atoms with Crippen LogP contribution < -0.4 is 0 Å². The molecular weight excluding hydrogens is 528 g/mol. The Balaban J connectivity index is 4.31. The molecule has 0 aromatic heterocycles. The third-order valence-electron chi connectivity index (χ3n) is 7.79. The molecule has 0 N–H and O–H groups in total. The number of unbranched alkanes of at least 4 members (excludes halogenated alkanes) is 18. The Morgan fingerprint density at radius 1 is 0.452 bits per heavy atom. The van der Waals surface area contributed by atoms with Gasteiger partial charge in [0.1, 0.15) is 13.2 Å². The fraction of sp³-hybridized carbons (Fsp3) is 0.917. The van der Waals surface area contributed by atoms with Gasteiger partial charge in [-0.05, 0) is 25.2 Å². The molecule has 0 aromatic carbocycles. The number of rotatable bonds is 31. The van der Waals surface area contributed by atoms with Crippen molar-refractivity contribution in [1.29, 1.82) is 0 Å². The van der Waals surface area contributed by atoms with Gasteiger partial charge in [-0.2, -0.15) is 0 Å². The molecule has 1 atom stereocenters. The van der Waals surface area contributed by atoms with Crippen molar-refractivity contribution in [1.82, 2.24) is 0 Å². The van der Waals surface area contributed by atoms with Gasteiger partial charge >= 0.3 is 17.9 Å². The zero-order chi connectivity index (χ0) is 31.1. The maximum absolute atomic E-state index is 12.5. The lowest BCUT2D eigenvalue weighted by atomic mass is 10.0. The van der Waals surface area contributed by atoms with Crippen LogP contribution in [0.3, 0.4) is 0 Å². The molecule has 0 unspecified atom stereocenters. The van der Waals surface area contributed by atoms with Crippen molar-refractivity contribution in [2.75, 3.05) is 13.2 Å². The van der Waals surface area contributed by atoms with Crippen molar-refractivity contribution < 1.29 is 28.6 Å². The fourth-order valence-electron chi connectivity index (χ4n) is 5.04. The van der Waals surface area contributed by atoms with E-state index in [1.165, 1.54) is 77.0 Å². The second kappa shape index (κ2) is 30.9. The van der Waals surface area contributed by atoms with Crippen molar-refractivity contribution in [3.63, 3.8) is 0 Å². The first-order valence-electron chi connectivity index (χ1n) is 17.9. The van der Waals surface area contributed by atoms with Crippen LogP contribution in [0.2, 0.25) is 0 Å². The van der Waals surface area contributed by atoms with Gasteiger partial charge in [0.15, 0.2) is 6.10 Å². The predicted molar refractivity (Wildman–Crippen MR) is 173 cm³/mol. The van der Waals surface area contributed by atoms with Gasteiger partial charge in [-0.1, -0.05) is 150 Å². The molecule has 0 spiro atoms. The summed E-state index contributed by atoms with van der Waals surface area (Å²) in [5.74, 6) is -0.130. The SMILES string of the molecule is CCCCCCCCCCCCC(=O)OC[C@@H](COC(=O)CCCCCCC)OC(=O)CCCCCCCCC(C)C. The van der Waals surface area contributed by atoms with E-state index in [9.17, 15) is 14.4 Å². The van der Waals surface area contributed by atoms with Crippen molar-refractivity contribution in [2.24, 2.45) is 5.92 Å². The highest BCUT2D eigenvalue weighted by molar-refractivity contribution is 5.71. The molecule has 0 rings (SSSR count). The Bertz CT molecular complexity index is 632. The molecule has 0 heterocycles. The van der Waals surface area contributed by atoms with E-state index in [0.717, 1.165) is 70.1 Å². The fourth-order valence-corrected chi connectivity index (χ4v) is 5.04. The predicted octanol–water partition coefficient (Wildman–Crippen LogP) is 10.4. The normalized spacial score (nSPS) is 11.9. The standard InChI is InChI=1S/C36H68O6/c1-5-7-9-11-12-13-14-15-20-24-28-35(38)41-31-33(30-40-34(37)27-23-18-10-8-6-2)42-36(39)29-25-21-17-16-19-22-26-32(3)4/h32-33H,5-31H2,1-4H3/t33-/m1/s1. The first-order valence-corrected chi connectivity index (χ1v) is 17.9. The lowest BCUT2D eigenvalue weighted by Crippen LogP contribution is -2.30. The van der Waals surface area contributed by atoms with Gasteiger partial charge in [0.05, 0.1) is 0 Å². The number of hydrogen-bond donors (Lipinski definition) is 0. The summed E-state index contributed by atoms with van der Waals surface area (Å²) in [6, 6.07) is 0. The summed E-state index contributed by atoms with van der Waals surface area (Å²) in [5.41, 5.74) is 0. The molecule has 0 saturated heterocycles. The van der Waals surface area contributed by atoms with Gasteiger partial charge in [0.2, 0.25) is 0 Å². The van der Waals surface area contributed by atoms with Crippen molar-refractivity contribution in [3.05, 3.63) is 0 Å². The lowest BCUT2D eigenvalue weighted by molar-refractivity contribution is -0.167. The largest absolute Gasteiger partial charge is 0.462 e. The van der Waals surface area contributed by atoms with E-state index in [-0.39, 0.29) is 31.1 Å². The highest BCUT2D eigenvalue weighted by atomic mass is 16.6. The number of carbonyl (C=O) groups is 3. The summed E-state index contributed by atoms with van der Waals surface area (Å²) in [4.78, 5) is 37.0. The molecule has 248 valence electrons. The van der Waals surface area contributed by atoms with Crippen LogP contribution in [0.25, 0.3) is 0 Å². The Kier molecular flexibility index (Phi) is 29.7. The molecule has 0 aromatic rings. The van der Waals surface area contributed by atoms with Crippen LogP contribution in [-0.2, 0) is 28.6 Å². The molecule has 0 aliphatic heterocycles. The topological polar surface area (TPSA) is 78.9 Å². The van der Waals surface area contributed by atoms with Crippen molar-refractivity contribution in [3.8, 4) is 0 Å². The minimum atomic E-state index is -0.755. The minimum absolute atomic E-state index is 0.0675. The highest BCUT2D eigenvalue weighted by Gasteiger charge is 2.19. The second-order valence-corrected chi connectivity index (χ2v) is 12.6. The summed E-state index contributed by atoms with van der Waals surface area (Å²) in [6.07, 6.45) is 25.6. The quantitative estimate of drug-likeness (QED) is 0.0450. The Morgan fingerprint density at radius 3 is 1.17 bits per heavy atom. The number of carbonyl (C=O) groups excluding carboxylic acids is 3. The molecule has 0 fully saturated rings. The number of ether oxygens (including phenoxy) is 3. The van der Waals surface area contributed by atoms with Crippen molar-refractivity contribution >= 4 is 17.9 Å². The van der Waals surface area contributed by atoms with Gasteiger partial charge in [0.25, 0.3) is 0 Å². The van der Waals surface area contributed by atoms with Crippen LogP contribution in [-0.4, -0.2) is 37.2 Å². The lowest BCUT2D eigenvalue weighted by Gasteiger charge is -2.18. The van der Waals surface area contributed by atoms with Crippen LogP contribution in [0.5, 0.6) is 0 Å². The van der Waals surface area contributed by atoms with Gasteiger partial charge in [-0.15, -0.1) is 0 Å². The zero-order valence-electron chi connectivity index (χ0n) is 28.2. The van der Waals surface area contributed by atoms with Crippen LogP contribution in [0.15, 0.2) is 0 Å². The first kappa shape index (κ1) is 40.4. The van der Waals surface area contributed by atoms with E-state index in [0.29, 0.717) is 19.3 Å². The monoisotopic (exact) mass is 597 g/mol. The summed E-state index contributed by atoms with van der Waals surface area (Å²) < 4.78 is 16.4. The summed E-state index contributed by atoms with van der Waals surface area (Å²) in [7, 11) is 0. The van der Waals surface area contributed by atoms with E-state index in [1.807, 2.05) is 0 Å². The minimum Gasteiger partial charge on any atom is -0.462 e. The van der Waals surface area contributed by atoms with Gasteiger partial charge in [0, 0.05) is 19.3 Å². The molecule has 0 amide bonds. The third-order valence-corrected chi connectivity index (χ3v) is 7.79. The van der Waals surface area contributed by atoms with Gasteiger partial charge < -0.3 is 14.2 Å². The first-order chi connectivity index (χ1) is 20.4. The number of esters is 3.